The fourth-order valence-electron chi connectivity index (χ4n) is 2.50. The number of aromatic nitrogens is 1. The second kappa shape index (κ2) is 6.87. The van der Waals surface area contributed by atoms with E-state index in [1.165, 1.54) is 19.3 Å². The van der Waals surface area contributed by atoms with Crippen molar-refractivity contribution in [2.24, 2.45) is 0 Å². The fourth-order valence-corrected chi connectivity index (χ4v) is 2.50. The van der Waals surface area contributed by atoms with E-state index < -0.39 is 0 Å². The van der Waals surface area contributed by atoms with E-state index in [4.69, 9.17) is 9.26 Å². The van der Waals surface area contributed by atoms with Gasteiger partial charge in [-0.15, -0.1) is 0 Å². The number of aliphatic hydroxyl groups excluding tert-OH is 1. The Kier molecular flexibility index (Phi) is 5.16. The van der Waals surface area contributed by atoms with Crippen LogP contribution in [-0.4, -0.2) is 41.5 Å². The van der Waals surface area contributed by atoms with Gasteiger partial charge in [-0.05, 0) is 19.4 Å². The van der Waals surface area contributed by atoms with Crippen LogP contribution in [0.25, 0.3) is 0 Å². The average Bonchev–Trinajstić information content (AvgIpc) is 2.69. The highest BCUT2D eigenvalue weighted by Gasteiger charge is 2.21. The third kappa shape index (κ3) is 3.54. The predicted molar refractivity (Wildman–Crippen MR) is 67.0 cm³/mol. The van der Waals surface area contributed by atoms with Crippen molar-refractivity contribution in [3.05, 3.63) is 17.5 Å². The number of hydrogen-bond acceptors (Lipinski definition) is 5. The Bertz CT molecular complexity index is 354. The summed E-state index contributed by atoms with van der Waals surface area (Å²) in [6.07, 6.45) is 4.72. The quantitative estimate of drug-likeness (QED) is 0.864. The van der Waals surface area contributed by atoms with Gasteiger partial charge in [0.2, 0.25) is 0 Å². The molecule has 18 heavy (non-hydrogen) atoms. The molecule has 1 aromatic rings. The maximum Gasteiger partial charge on any atom is 0.162 e. The van der Waals surface area contributed by atoms with Crippen molar-refractivity contribution in [3.63, 3.8) is 0 Å². The number of methoxy groups -OCH3 is 1. The Labute approximate surface area is 108 Å². The first kappa shape index (κ1) is 13.5. The zero-order valence-corrected chi connectivity index (χ0v) is 11.0. The lowest BCUT2D eigenvalue weighted by Gasteiger charge is -2.27. The molecule has 102 valence electrons. The zero-order valence-electron chi connectivity index (χ0n) is 11.0. The standard InChI is InChI=1S/C13H22N2O3/c1-17-10-13-7-11(14-18-13)8-15-6-4-2-3-5-12(15)9-16/h7,12,16H,2-6,8-10H2,1H3. The van der Waals surface area contributed by atoms with E-state index in [0.29, 0.717) is 6.61 Å². The van der Waals surface area contributed by atoms with Gasteiger partial charge in [0.25, 0.3) is 0 Å². The molecule has 5 nitrogen and oxygen atoms in total. The van der Waals surface area contributed by atoms with Gasteiger partial charge in [0, 0.05) is 25.8 Å². The molecule has 1 atom stereocenters. The topological polar surface area (TPSA) is 58.7 Å². The largest absolute Gasteiger partial charge is 0.395 e. The number of nitrogens with zero attached hydrogens (tertiary/aromatic N) is 2. The highest BCUT2D eigenvalue weighted by Crippen LogP contribution is 2.19. The molecule has 0 amide bonds. The van der Waals surface area contributed by atoms with Crippen LogP contribution in [0.4, 0.5) is 0 Å². The summed E-state index contributed by atoms with van der Waals surface area (Å²) in [4.78, 5) is 2.31. The summed E-state index contributed by atoms with van der Waals surface area (Å²) in [5.74, 6) is 0.753. The first-order valence-corrected chi connectivity index (χ1v) is 6.62. The molecule has 1 aliphatic rings. The highest BCUT2D eigenvalue weighted by molar-refractivity contribution is 5.04. The van der Waals surface area contributed by atoms with Crippen LogP contribution in [0.3, 0.4) is 0 Å². The Morgan fingerprint density at radius 3 is 3.17 bits per heavy atom. The van der Waals surface area contributed by atoms with E-state index in [1.54, 1.807) is 7.11 Å². The van der Waals surface area contributed by atoms with Gasteiger partial charge in [0.15, 0.2) is 5.76 Å². The molecule has 1 aliphatic heterocycles. The minimum atomic E-state index is 0.225. The number of aliphatic hydroxyl groups is 1. The van der Waals surface area contributed by atoms with Crippen molar-refractivity contribution < 1.29 is 14.4 Å². The van der Waals surface area contributed by atoms with E-state index in [2.05, 4.69) is 10.1 Å². The van der Waals surface area contributed by atoms with Crippen molar-refractivity contribution in [1.29, 1.82) is 0 Å². The lowest BCUT2D eigenvalue weighted by atomic mass is 10.1. The third-order valence-electron chi connectivity index (χ3n) is 3.47. The molecule has 1 unspecified atom stereocenters. The van der Waals surface area contributed by atoms with Gasteiger partial charge < -0.3 is 14.4 Å². The van der Waals surface area contributed by atoms with Crippen LogP contribution < -0.4 is 0 Å². The van der Waals surface area contributed by atoms with E-state index in [9.17, 15) is 5.11 Å². The van der Waals surface area contributed by atoms with Gasteiger partial charge in [0.1, 0.15) is 6.61 Å². The molecule has 1 aromatic heterocycles. The Hall–Kier alpha value is -0.910. The minimum Gasteiger partial charge on any atom is -0.395 e. The molecule has 0 radical (unpaired) electrons. The highest BCUT2D eigenvalue weighted by atomic mass is 16.5. The lowest BCUT2D eigenvalue weighted by Crippen LogP contribution is -2.37. The molecule has 0 aliphatic carbocycles. The lowest BCUT2D eigenvalue weighted by molar-refractivity contribution is 0.116. The second-order valence-electron chi connectivity index (χ2n) is 4.87. The smallest absolute Gasteiger partial charge is 0.162 e. The number of rotatable bonds is 5. The summed E-state index contributed by atoms with van der Waals surface area (Å²) in [6, 6.07) is 2.19. The molecule has 1 N–H and O–H groups in total. The van der Waals surface area contributed by atoms with E-state index in [-0.39, 0.29) is 12.6 Å². The van der Waals surface area contributed by atoms with Crippen LogP contribution in [0, 0.1) is 0 Å². The van der Waals surface area contributed by atoms with Gasteiger partial charge in [-0.2, -0.15) is 0 Å². The van der Waals surface area contributed by atoms with Crippen molar-refractivity contribution >= 4 is 0 Å². The second-order valence-corrected chi connectivity index (χ2v) is 4.87. The number of hydrogen-bond donors (Lipinski definition) is 1. The Balaban J connectivity index is 1.96. The Morgan fingerprint density at radius 2 is 2.39 bits per heavy atom. The minimum absolute atomic E-state index is 0.225. The fraction of sp³-hybridized carbons (Fsp3) is 0.769. The monoisotopic (exact) mass is 254 g/mol. The van der Waals surface area contributed by atoms with E-state index in [1.807, 2.05) is 6.07 Å². The summed E-state index contributed by atoms with van der Waals surface area (Å²) in [7, 11) is 1.64. The van der Waals surface area contributed by atoms with Crippen molar-refractivity contribution in [2.75, 3.05) is 20.3 Å². The summed E-state index contributed by atoms with van der Waals surface area (Å²) in [5.41, 5.74) is 0.919. The average molecular weight is 254 g/mol. The van der Waals surface area contributed by atoms with Gasteiger partial charge in [-0.1, -0.05) is 18.0 Å². The van der Waals surface area contributed by atoms with E-state index >= 15 is 0 Å². The van der Waals surface area contributed by atoms with Crippen molar-refractivity contribution in [3.8, 4) is 0 Å². The molecule has 5 heteroatoms. The predicted octanol–water partition coefficient (Wildman–Crippen LogP) is 1.56. The summed E-state index contributed by atoms with van der Waals surface area (Å²) < 4.78 is 10.2. The SMILES string of the molecule is COCc1cc(CN2CCCCCC2CO)no1. The van der Waals surface area contributed by atoms with Crippen LogP contribution in [0.15, 0.2) is 10.6 Å². The maximum absolute atomic E-state index is 9.45. The maximum atomic E-state index is 9.45. The zero-order chi connectivity index (χ0) is 12.8. The molecule has 1 saturated heterocycles. The molecule has 0 bridgehead atoms. The summed E-state index contributed by atoms with van der Waals surface area (Å²) in [5, 5.41) is 13.5. The molecule has 0 saturated carbocycles. The first-order valence-electron chi connectivity index (χ1n) is 6.62. The van der Waals surface area contributed by atoms with Gasteiger partial charge in [-0.25, -0.2) is 0 Å². The van der Waals surface area contributed by atoms with Crippen LogP contribution in [-0.2, 0) is 17.9 Å². The molecule has 0 spiro atoms. The molecule has 2 heterocycles. The van der Waals surface area contributed by atoms with Gasteiger partial charge >= 0.3 is 0 Å². The van der Waals surface area contributed by atoms with Gasteiger partial charge in [-0.3, -0.25) is 4.90 Å². The van der Waals surface area contributed by atoms with Crippen LogP contribution in [0.2, 0.25) is 0 Å². The van der Waals surface area contributed by atoms with Crippen LogP contribution in [0.1, 0.15) is 37.1 Å². The number of likely N-dealkylation sites (tertiary alicyclic amines) is 1. The van der Waals surface area contributed by atoms with Crippen LogP contribution >= 0.6 is 0 Å². The third-order valence-corrected chi connectivity index (χ3v) is 3.47. The molecule has 0 aromatic carbocycles. The van der Waals surface area contributed by atoms with Crippen molar-refractivity contribution in [2.45, 2.75) is 44.9 Å². The summed E-state index contributed by atoms with van der Waals surface area (Å²) >= 11 is 0. The molecular formula is C13H22N2O3. The van der Waals surface area contributed by atoms with Crippen molar-refractivity contribution in [1.82, 2.24) is 10.1 Å². The van der Waals surface area contributed by atoms with Crippen LogP contribution in [0.5, 0.6) is 0 Å². The molecule has 1 fully saturated rings. The number of ether oxygens (including phenoxy) is 1. The normalized spacial score (nSPS) is 22.0. The molecule has 2 rings (SSSR count). The van der Waals surface area contributed by atoms with E-state index in [0.717, 1.165) is 31.0 Å². The Morgan fingerprint density at radius 1 is 1.50 bits per heavy atom. The molecular weight excluding hydrogens is 232 g/mol. The first-order chi connectivity index (χ1) is 8.83. The van der Waals surface area contributed by atoms with Gasteiger partial charge in [0.05, 0.1) is 12.3 Å². The summed E-state index contributed by atoms with van der Waals surface area (Å²) in [6.45, 7) is 2.45.